The summed E-state index contributed by atoms with van der Waals surface area (Å²) in [6.45, 7) is 0.0828. The number of aliphatic hydroxyl groups excluding tert-OH is 1. The standard InChI is InChI=1S/C19H25N3O4/c1-22(2)14-10-8-13(9-11-14)16(23)12-20-19(24)21-15-6-5-7-17(25-3)18(15)26-4/h5-11,16,23H,12H2,1-4H3,(H2,20,21,24). The van der Waals surface area contributed by atoms with E-state index in [0.717, 1.165) is 11.3 Å². The van der Waals surface area contributed by atoms with Crippen LogP contribution in [-0.4, -0.2) is 46.0 Å². The van der Waals surface area contributed by atoms with Crippen molar-refractivity contribution in [1.29, 1.82) is 0 Å². The van der Waals surface area contributed by atoms with Crippen molar-refractivity contribution in [2.45, 2.75) is 6.10 Å². The highest BCUT2D eigenvalue weighted by Gasteiger charge is 2.14. The molecule has 0 radical (unpaired) electrons. The number of methoxy groups -OCH3 is 2. The Balaban J connectivity index is 1.94. The molecule has 0 saturated heterocycles. The highest BCUT2D eigenvalue weighted by molar-refractivity contribution is 5.91. The first-order valence-corrected chi connectivity index (χ1v) is 8.17. The van der Waals surface area contributed by atoms with Gasteiger partial charge < -0.3 is 30.1 Å². The number of para-hydroxylation sites is 1. The molecule has 2 rings (SSSR count). The minimum absolute atomic E-state index is 0.0828. The van der Waals surface area contributed by atoms with Crippen molar-refractivity contribution in [2.75, 3.05) is 45.1 Å². The number of rotatable bonds is 7. The predicted molar refractivity (Wildman–Crippen MR) is 102 cm³/mol. The fraction of sp³-hybridized carbons (Fsp3) is 0.316. The molecule has 7 nitrogen and oxygen atoms in total. The van der Waals surface area contributed by atoms with E-state index in [0.29, 0.717) is 17.2 Å². The molecule has 1 unspecified atom stereocenters. The number of carbonyl (C=O) groups excluding carboxylic acids is 1. The fourth-order valence-corrected chi connectivity index (χ4v) is 2.45. The van der Waals surface area contributed by atoms with Gasteiger partial charge in [-0.2, -0.15) is 0 Å². The molecule has 2 aromatic rings. The Labute approximate surface area is 153 Å². The number of carbonyl (C=O) groups is 1. The Morgan fingerprint density at radius 2 is 1.81 bits per heavy atom. The second kappa shape index (κ2) is 8.96. The molecule has 0 fully saturated rings. The maximum absolute atomic E-state index is 12.1. The molecule has 0 spiro atoms. The van der Waals surface area contributed by atoms with Gasteiger partial charge in [-0.3, -0.25) is 0 Å². The fourth-order valence-electron chi connectivity index (χ4n) is 2.45. The first-order valence-electron chi connectivity index (χ1n) is 8.17. The lowest BCUT2D eigenvalue weighted by molar-refractivity contribution is 0.175. The minimum Gasteiger partial charge on any atom is -0.493 e. The smallest absolute Gasteiger partial charge is 0.319 e. The summed E-state index contributed by atoms with van der Waals surface area (Å²) in [5, 5.41) is 15.6. The summed E-state index contributed by atoms with van der Waals surface area (Å²) in [6, 6.07) is 12.3. The van der Waals surface area contributed by atoms with Crippen molar-refractivity contribution < 1.29 is 19.4 Å². The van der Waals surface area contributed by atoms with Crippen molar-refractivity contribution in [3.63, 3.8) is 0 Å². The van der Waals surface area contributed by atoms with Crippen LogP contribution in [0.15, 0.2) is 42.5 Å². The summed E-state index contributed by atoms with van der Waals surface area (Å²) in [7, 11) is 6.93. The number of hydrogen-bond donors (Lipinski definition) is 3. The highest BCUT2D eigenvalue weighted by Crippen LogP contribution is 2.34. The Kier molecular flexibility index (Phi) is 6.68. The molecule has 26 heavy (non-hydrogen) atoms. The number of nitrogens with one attached hydrogen (secondary N) is 2. The number of urea groups is 1. The van der Waals surface area contributed by atoms with Gasteiger partial charge in [0.1, 0.15) is 0 Å². The number of anilines is 2. The molecule has 2 amide bonds. The Bertz CT molecular complexity index is 732. The summed E-state index contributed by atoms with van der Waals surface area (Å²) < 4.78 is 10.5. The second-order valence-electron chi connectivity index (χ2n) is 5.88. The lowest BCUT2D eigenvalue weighted by atomic mass is 10.1. The molecule has 0 aliphatic carbocycles. The zero-order chi connectivity index (χ0) is 19.1. The van der Waals surface area contributed by atoms with Crippen LogP contribution in [0.25, 0.3) is 0 Å². The molecule has 0 aliphatic heterocycles. The van der Waals surface area contributed by atoms with Gasteiger partial charge in [0.15, 0.2) is 11.5 Å². The van der Waals surface area contributed by atoms with E-state index in [1.807, 2.05) is 43.3 Å². The van der Waals surface area contributed by atoms with Gasteiger partial charge in [0, 0.05) is 26.3 Å². The number of aliphatic hydroxyl groups is 1. The topological polar surface area (TPSA) is 83.1 Å². The molecule has 0 bridgehead atoms. The summed E-state index contributed by atoms with van der Waals surface area (Å²) in [4.78, 5) is 14.1. The van der Waals surface area contributed by atoms with E-state index in [1.54, 1.807) is 18.2 Å². The Morgan fingerprint density at radius 1 is 1.12 bits per heavy atom. The zero-order valence-electron chi connectivity index (χ0n) is 15.4. The first kappa shape index (κ1) is 19.4. The third-order valence-electron chi connectivity index (χ3n) is 3.90. The van der Waals surface area contributed by atoms with E-state index < -0.39 is 12.1 Å². The number of hydrogen-bond acceptors (Lipinski definition) is 5. The van der Waals surface area contributed by atoms with Crippen LogP contribution in [0.1, 0.15) is 11.7 Å². The number of ether oxygens (including phenoxy) is 2. The van der Waals surface area contributed by atoms with Gasteiger partial charge in [-0.15, -0.1) is 0 Å². The lowest BCUT2D eigenvalue weighted by Crippen LogP contribution is -2.32. The van der Waals surface area contributed by atoms with Crippen LogP contribution in [-0.2, 0) is 0 Å². The number of nitrogens with zero attached hydrogens (tertiary/aromatic N) is 1. The monoisotopic (exact) mass is 359 g/mol. The van der Waals surface area contributed by atoms with Crippen molar-refractivity contribution in [3.05, 3.63) is 48.0 Å². The van der Waals surface area contributed by atoms with Gasteiger partial charge in [-0.25, -0.2) is 4.79 Å². The molecule has 7 heteroatoms. The normalized spacial score (nSPS) is 11.4. The van der Waals surface area contributed by atoms with Crippen LogP contribution < -0.4 is 25.0 Å². The van der Waals surface area contributed by atoms with E-state index in [4.69, 9.17) is 9.47 Å². The zero-order valence-corrected chi connectivity index (χ0v) is 15.4. The maximum atomic E-state index is 12.1. The van der Waals surface area contributed by atoms with Crippen LogP contribution >= 0.6 is 0 Å². The van der Waals surface area contributed by atoms with E-state index in [-0.39, 0.29) is 6.54 Å². The van der Waals surface area contributed by atoms with E-state index in [2.05, 4.69) is 10.6 Å². The minimum atomic E-state index is -0.802. The first-order chi connectivity index (χ1) is 12.5. The van der Waals surface area contributed by atoms with E-state index in [1.165, 1.54) is 14.2 Å². The number of amides is 2. The molecule has 2 aromatic carbocycles. The molecule has 0 heterocycles. The third-order valence-corrected chi connectivity index (χ3v) is 3.90. The van der Waals surface area contributed by atoms with Gasteiger partial charge in [0.2, 0.25) is 0 Å². The van der Waals surface area contributed by atoms with Gasteiger partial charge in [0.25, 0.3) is 0 Å². The number of benzene rings is 2. The summed E-state index contributed by atoms with van der Waals surface area (Å²) in [5.41, 5.74) is 2.25. The van der Waals surface area contributed by atoms with Crippen molar-refractivity contribution in [3.8, 4) is 11.5 Å². The second-order valence-corrected chi connectivity index (χ2v) is 5.88. The van der Waals surface area contributed by atoms with Crippen LogP contribution in [0.5, 0.6) is 11.5 Å². The van der Waals surface area contributed by atoms with Crippen LogP contribution in [0.3, 0.4) is 0 Å². The van der Waals surface area contributed by atoms with Crippen LogP contribution in [0.4, 0.5) is 16.2 Å². The average Bonchev–Trinajstić information content (AvgIpc) is 2.65. The van der Waals surface area contributed by atoms with Crippen LogP contribution in [0, 0.1) is 0 Å². The lowest BCUT2D eigenvalue weighted by Gasteiger charge is -2.17. The Hall–Kier alpha value is -2.93. The summed E-state index contributed by atoms with van der Waals surface area (Å²) >= 11 is 0. The maximum Gasteiger partial charge on any atom is 0.319 e. The average molecular weight is 359 g/mol. The van der Waals surface area contributed by atoms with Gasteiger partial charge in [0.05, 0.1) is 26.0 Å². The molecule has 0 aliphatic rings. The van der Waals surface area contributed by atoms with Gasteiger partial charge >= 0.3 is 6.03 Å². The largest absolute Gasteiger partial charge is 0.493 e. The quantitative estimate of drug-likeness (QED) is 0.708. The summed E-state index contributed by atoms with van der Waals surface area (Å²) in [5.74, 6) is 0.955. The molecule has 1 atom stereocenters. The predicted octanol–water partition coefficient (Wildman–Crippen LogP) is 2.62. The Morgan fingerprint density at radius 3 is 2.38 bits per heavy atom. The SMILES string of the molecule is COc1cccc(NC(=O)NCC(O)c2ccc(N(C)C)cc2)c1OC. The molecule has 3 N–H and O–H groups in total. The molecule has 140 valence electrons. The van der Waals surface area contributed by atoms with Crippen molar-refractivity contribution >= 4 is 17.4 Å². The third kappa shape index (κ3) is 4.80. The van der Waals surface area contributed by atoms with Crippen LogP contribution in [0.2, 0.25) is 0 Å². The van der Waals surface area contributed by atoms with E-state index in [9.17, 15) is 9.90 Å². The summed E-state index contributed by atoms with van der Waals surface area (Å²) in [6.07, 6.45) is -0.802. The van der Waals surface area contributed by atoms with Crippen molar-refractivity contribution in [1.82, 2.24) is 5.32 Å². The molecular formula is C19H25N3O4. The van der Waals surface area contributed by atoms with E-state index >= 15 is 0 Å². The van der Waals surface area contributed by atoms with Crippen molar-refractivity contribution in [2.24, 2.45) is 0 Å². The highest BCUT2D eigenvalue weighted by atomic mass is 16.5. The molecule has 0 saturated carbocycles. The molecule has 0 aromatic heterocycles. The van der Waals surface area contributed by atoms with Gasteiger partial charge in [-0.05, 0) is 29.8 Å². The van der Waals surface area contributed by atoms with Gasteiger partial charge in [-0.1, -0.05) is 18.2 Å². The molecular weight excluding hydrogens is 334 g/mol.